The molecule has 0 aliphatic heterocycles. The summed E-state index contributed by atoms with van der Waals surface area (Å²) >= 11 is 0. The highest BCUT2D eigenvalue weighted by atomic mass is 19.1. The van der Waals surface area contributed by atoms with Gasteiger partial charge in [0.05, 0.1) is 19.3 Å². The van der Waals surface area contributed by atoms with Crippen molar-refractivity contribution in [2.45, 2.75) is 6.61 Å². The first-order valence-corrected chi connectivity index (χ1v) is 6.03. The molecule has 2 N–H and O–H groups in total. The standard InChI is InChI=1S/C15H13FO5/c1-20-14-6-9(8-17)2-4-13(14)21-12-5-3-10(15(18)19)7-11(12)16/h2-7,17H,8H2,1H3,(H,18,19). The molecule has 2 rings (SSSR count). The van der Waals surface area contributed by atoms with E-state index in [1.54, 1.807) is 12.1 Å². The second-order valence-corrected chi connectivity index (χ2v) is 4.20. The first-order chi connectivity index (χ1) is 10.0. The van der Waals surface area contributed by atoms with Gasteiger partial charge >= 0.3 is 5.97 Å². The van der Waals surface area contributed by atoms with Crippen molar-refractivity contribution in [1.29, 1.82) is 0 Å². The topological polar surface area (TPSA) is 76.0 Å². The number of aliphatic hydroxyl groups is 1. The lowest BCUT2D eigenvalue weighted by Gasteiger charge is -2.12. The highest BCUT2D eigenvalue weighted by Gasteiger charge is 2.12. The Morgan fingerprint density at radius 1 is 1.14 bits per heavy atom. The van der Waals surface area contributed by atoms with E-state index in [9.17, 15) is 9.18 Å². The molecule has 0 bridgehead atoms. The summed E-state index contributed by atoms with van der Waals surface area (Å²) in [6.07, 6.45) is 0. The van der Waals surface area contributed by atoms with E-state index in [1.807, 2.05) is 0 Å². The molecular weight excluding hydrogens is 279 g/mol. The molecule has 2 aromatic rings. The Bertz CT molecular complexity index is 669. The van der Waals surface area contributed by atoms with Crippen molar-refractivity contribution in [3.8, 4) is 17.2 Å². The van der Waals surface area contributed by atoms with Crippen molar-refractivity contribution in [1.82, 2.24) is 0 Å². The van der Waals surface area contributed by atoms with Crippen LogP contribution in [0.2, 0.25) is 0 Å². The third kappa shape index (κ3) is 3.29. The van der Waals surface area contributed by atoms with Crippen molar-refractivity contribution >= 4 is 5.97 Å². The summed E-state index contributed by atoms with van der Waals surface area (Å²) in [5.41, 5.74) is 0.461. The van der Waals surface area contributed by atoms with E-state index in [2.05, 4.69) is 0 Å². The minimum absolute atomic E-state index is 0.116. The average Bonchev–Trinajstić information content (AvgIpc) is 2.49. The molecule has 2 aromatic carbocycles. The van der Waals surface area contributed by atoms with E-state index >= 15 is 0 Å². The molecule has 0 radical (unpaired) electrons. The molecular formula is C15H13FO5. The number of halogens is 1. The van der Waals surface area contributed by atoms with Crippen LogP contribution in [0.1, 0.15) is 15.9 Å². The van der Waals surface area contributed by atoms with Crippen molar-refractivity contribution in [3.63, 3.8) is 0 Å². The van der Waals surface area contributed by atoms with Gasteiger partial charge in [0.25, 0.3) is 0 Å². The molecule has 110 valence electrons. The van der Waals surface area contributed by atoms with Crippen LogP contribution in [0.25, 0.3) is 0 Å². The van der Waals surface area contributed by atoms with E-state index in [-0.39, 0.29) is 23.7 Å². The minimum Gasteiger partial charge on any atom is -0.493 e. The van der Waals surface area contributed by atoms with Crippen LogP contribution in [0.15, 0.2) is 36.4 Å². The summed E-state index contributed by atoms with van der Waals surface area (Å²) in [7, 11) is 1.42. The van der Waals surface area contributed by atoms with Gasteiger partial charge in [-0.3, -0.25) is 0 Å². The largest absolute Gasteiger partial charge is 0.493 e. The summed E-state index contributed by atoms with van der Waals surface area (Å²) in [4.78, 5) is 10.7. The third-order valence-electron chi connectivity index (χ3n) is 2.81. The number of aromatic carboxylic acids is 1. The number of rotatable bonds is 5. The summed E-state index contributed by atoms with van der Waals surface area (Å²) in [5, 5.41) is 17.8. The summed E-state index contributed by atoms with van der Waals surface area (Å²) < 4.78 is 24.3. The maximum Gasteiger partial charge on any atom is 0.335 e. The molecule has 0 spiro atoms. The second kappa shape index (κ2) is 6.23. The van der Waals surface area contributed by atoms with Crippen LogP contribution in [-0.4, -0.2) is 23.3 Å². The molecule has 6 heteroatoms. The molecule has 21 heavy (non-hydrogen) atoms. The molecule has 0 aliphatic rings. The van der Waals surface area contributed by atoms with Crippen molar-refractivity contribution in [2.24, 2.45) is 0 Å². The van der Waals surface area contributed by atoms with Gasteiger partial charge in [-0.1, -0.05) is 6.07 Å². The SMILES string of the molecule is COc1cc(CO)ccc1Oc1ccc(C(=O)O)cc1F. The predicted molar refractivity (Wildman–Crippen MR) is 72.4 cm³/mol. The zero-order valence-corrected chi connectivity index (χ0v) is 11.2. The molecule has 0 amide bonds. The Hall–Kier alpha value is -2.60. The Morgan fingerprint density at radius 2 is 1.86 bits per heavy atom. The van der Waals surface area contributed by atoms with Crippen LogP contribution in [0, 0.1) is 5.82 Å². The Kier molecular flexibility index (Phi) is 4.39. The molecule has 0 fully saturated rings. The van der Waals surface area contributed by atoms with Crippen molar-refractivity contribution in [3.05, 3.63) is 53.3 Å². The van der Waals surface area contributed by atoms with Gasteiger partial charge in [-0.2, -0.15) is 0 Å². The number of methoxy groups -OCH3 is 1. The Morgan fingerprint density at radius 3 is 2.43 bits per heavy atom. The molecule has 0 aliphatic carbocycles. The zero-order chi connectivity index (χ0) is 15.4. The Balaban J connectivity index is 2.32. The smallest absolute Gasteiger partial charge is 0.335 e. The molecule has 0 aromatic heterocycles. The van der Waals surface area contributed by atoms with Gasteiger partial charge in [-0.25, -0.2) is 9.18 Å². The zero-order valence-electron chi connectivity index (χ0n) is 11.2. The second-order valence-electron chi connectivity index (χ2n) is 4.20. The molecule has 0 atom stereocenters. The number of ether oxygens (including phenoxy) is 2. The molecule has 0 unspecified atom stereocenters. The van der Waals surface area contributed by atoms with Gasteiger partial charge in [-0.05, 0) is 35.9 Å². The van der Waals surface area contributed by atoms with Gasteiger partial charge in [0.1, 0.15) is 0 Å². The fourth-order valence-corrected chi connectivity index (χ4v) is 1.73. The molecule has 0 saturated carbocycles. The van der Waals surface area contributed by atoms with Gasteiger partial charge in [0.2, 0.25) is 0 Å². The predicted octanol–water partition coefficient (Wildman–Crippen LogP) is 2.82. The number of carboxylic acids is 1. The van der Waals surface area contributed by atoms with E-state index in [1.165, 1.54) is 25.3 Å². The lowest BCUT2D eigenvalue weighted by Crippen LogP contribution is -1.99. The highest BCUT2D eigenvalue weighted by Crippen LogP contribution is 2.33. The number of hydrogen-bond donors (Lipinski definition) is 2. The molecule has 0 heterocycles. The van der Waals surface area contributed by atoms with Crippen LogP contribution in [-0.2, 0) is 6.61 Å². The number of hydrogen-bond acceptors (Lipinski definition) is 4. The van der Waals surface area contributed by atoms with Crippen LogP contribution in [0.4, 0.5) is 4.39 Å². The van der Waals surface area contributed by atoms with Crippen molar-refractivity contribution < 1.29 is 28.9 Å². The molecule has 0 saturated heterocycles. The van der Waals surface area contributed by atoms with E-state index in [0.29, 0.717) is 11.3 Å². The normalized spacial score (nSPS) is 10.2. The van der Waals surface area contributed by atoms with Gasteiger partial charge in [-0.15, -0.1) is 0 Å². The first kappa shape index (κ1) is 14.8. The van der Waals surface area contributed by atoms with Gasteiger partial charge in [0, 0.05) is 0 Å². The number of carboxylic acid groups (broad SMARTS) is 1. The van der Waals surface area contributed by atoms with Crippen molar-refractivity contribution in [2.75, 3.05) is 7.11 Å². The number of aliphatic hydroxyl groups excluding tert-OH is 1. The lowest BCUT2D eigenvalue weighted by atomic mass is 10.2. The Labute approximate surface area is 120 Å². The average molecular weight is 292 g/mol. The lowest BCUT2D eigenvalue weighted by molar-refractivity contribution is 0.0696. The van der Waals surface area contributed by atoms with Crippen LogP contribution >= 0.6 is 0 Å². The molecule has 5 nitrogen and oxygen atoms in total. The summed E-state index contributed by atoms with van der Waals surface area (Å²) in [6.45, 7) is -0.154. The van der Waals surface area contributed by atoms with Crippen LogP contribution in [0.5, 0.6) is 17.2 Å². The minimum atomic E-state index is -1.22. The van der Waals surface area contributed by atoms with E-state index in [0.717, 1.165) is 6.07 Å². The highest BCUT2D eigenvalue weighted by molar-refractivity contribution is 5.87. The summed E-state index contributed by atoms with van der Waals surface area (Å²) in [6, 6.07) is 8.08. The third-order valence-corrected chi connectivity index (χ3v) is 2.81. The monoisotopic (exact) mass is 292 g/mol. The van der Waals surface area contributed by atoms with E-state index in [4.69, 9.17) is 19.7 Å². The fraction of sp³-hybridized carbons (Fsp3) is 0.133. The summed E-state index contributed by atoms with van der Waals surface area (Å²) in [5.74, 6) is -1.52. The van der Waals surface area contributed by atoms with Crippen LogP contribution < -0.4 is 9.47 Å². The number of benzene rings is 2. The maximum absolute atomic E-state index is 13.8. The van der Waals surface area contributed by atoms with E-state index < -0.39 is 11.8 Å². The quantitative estimate of drug-likeness (QED) is 0.886. The van der Waals surface area contributed by atoms with Crippen LogP contribution in [0.3, 0.4) is 0 Å². The van der Waals surface area contributed by atoms with Gasteiger partial charge in [0.15, 0.2) is 23.1 Å². The first-order valence-electron chi connectivity index (χ1n) is 6.03. The van der Waals surface area contributed by atoms with Gasteiger partial charge < -0.3 is 19.7 Å². The number of carbonyl (C=O) groups is 1. The fourth-order valence-electron chi connectivity index (χ4n) is 1.73. The maximum atomic E-state index is 13.8.